The molecule has 0 saturated carbocycles. The summed E-state index contributed by atoms with van der Waals surface area (Å²) in [6, 6.07) is 23.4. The molecule has 2 N–H and O–H groups in total. The van der Waals surface area contributed by atoms with E-state index in [1.165, 1.54) is 0 Å². The van der Waals surface area contributed by atoms with E-state index in [2.05, 4.69) is 20.2 Å². The predicted octanol–water partition coefficient (Wildman–Crippen LogP) is 4.50. The van der Waals surface area contributed by atoms with Gasteiger partial charge in [-0.05, 0) is 37.3 Å². The largest absolute Gasteiger partial charge is 0.383 e. The van der Waals surface area contributed by atoms with E-state index in [-0.39, 0.29) is 5.43 Å². The summed E-state index contributed by atoms with van der Waals surface area (Å²) >= 11 is 0. The normalized spacial score (nSPS) is 10.9. The Morgan fingerprint density at radius 3 is 2.40 bits per heavy atom. The number of pyridine rings is 2. The maximum absolute atomic E-state index is 13.2. The molecular weight excluding hydrogens is 376 g/mol. The minimum atomic E-state index is -0.0944. The third kappa shape index (κ3) is 4.04. The van der Waals surface area contributed by atoms with Crippen molar-refractivity contribution in [1.29, 1.82) is 0 Å². The molecule has 30 heavy (non-hydrogen) atoms. The van der Waals surface area contributed by atoms with Crippen LogP contribution in [-0.4, -0.2) is 29.8 Å². The van der Waals surface area contributed by atoms with Crippen LogP contribution in [0.25, 0.3) is 16.6 Å². The molecule has 0 fully saturated rings. The molecule has 0 amide bonds. The number of rotatable bonds is 7. The minimum Gasteiger partial charge on any atom is -0.383 e. The maximum atomic E-state index is 13.2. The van der Waals surface area contributed by atoms with Gasteiger partial charge in [0.25, 0.3) is 0 Å². The predicted molar refractivity (Wildman–Crippen MR) is 122 cm³/mol. The smallest absolute Gasteiger partial charge is 0.195 e. The first-order valence-electron chi connectivity index (χ1n) is 9.85. The lowest BCUT2D eigenvalue weighted by Gasteiger charge is -2.20. The van der Waals surface area contributed by atoms with Crippen LogP contribution in [0, 0.1) is 6.92 Å². The molecule has 152 valence electrons. The molecule has 6 heteroatoms. The molecule has 2 heterocycles. The number of anilines is 3. The number of nitrogens with zero attached hydrogens (tertiary/aromatic N) is 2. The van der Waals surface area contributed by atoms with Gasteiger partial charge in [0.15, 0.2) is 5.43 Å². The van der Waals surface area contributed by atoms with Crippen molar-refractivity contribution >= 4 is 28.2 Å². The molecule has 4 rings (SSSR count). The Bertz CT molecular complexity index is 1200. The Morgan fingerprint density at radius 1 is 1.00 bits per heavy atom. The van der Waals surface area contributed by atoms with Crippen LogP contribution in [-0.2, 0) is 4.74 Å². The van der Waals surface area contributed by atoms with Crippen LogP contribution < -0.4 is 16.1 Å². The number of hydrogen-bond acceptors (Lipinski definition) is 5. The third-order valence-corrected chi connectivity index (χ3v) is 4.78. The molecule has 0 radical (unpaired) electrons. The molecule has 4 aromatic rings. The van der Waals surface area contributed by atoms with Gasteiger partial charge in [0, 0.05) is 36.8 Å². The summed E-state index contributed by atoms with van der Waals surface area (Å²) in [7, 11) is 1.65. The first-order valence-corrected chi connectivity index (χ1v) is 9.85. The fraction of sp³-hybridized carbons (Fsp3) is 0.167. The van der Waals surface area contributed by atoms with E-state index >= 15 is 0 Å². The zero-order chi connectivity index (χ0) is 20.9. The van der Waals surface area contributed by atoms with Gasteiger partial charge in [-0.3, -0.25) is 9.36 Å². The van der Waals surface area contributed by atoms with Gasteiger partial charge in [-0.1, -0.05) is 36.4 Å². The second-order valence-electron chi connectivity index (χ2n) is 6.98. The van der Waals surface area contributed by atoms with Crippen molar-refractivity contribution in [3.63, 3.8) is 0 Å². The highest BCUT2D eigenvalue weighted by molar-refractivity contribution is 5.92. The van der Waals surface area contributed by atoms with Crippen LogP contribution in [0.2, 0.25) is 0 Å². The number of aryl methyl sites for hydroxylation is 1. The number of para-hydroxylation sites is 2. The summed E-state index contributed by atoms with van der Waals surface area (Å²) in [5.41, 5.74) is 3.38. The summed E-state index contributed by atoms with van der Waals surface area (Å²) in [6.07, 6.45) is 0. The van der Waals surface area contributed by atoms with Crippen LogP contribution in [0.1, 0.15) is 5.69 Å². The SMILES string of the molecule is COCCNc1nc(C)cc2c1c(=O)cc(Nc1ccccc1)n2-c1ccccc1. The molecule has 0 spiro atoms. The van der Waals surface area contributed by atoms with Crippen molar-refractivity contribution in [1.82, 2.24) is 9.55 Å². The van der Waals surface area contributed by atoms with E-state index in [0.29, 0.717) is 30.2 Å². The minimum absolute atomic E-state index is 0.0944. The fourth-order valence-corrected chi connectivity index (χ4v) is 3.48. The Morgan fingerprint density at radius 2 is 1.70 bits per heavy atom. The van der Waals surface area contributed by atoms with Gasteiger partial charge < -0.3 is 15.4 Å². The standard InChI is InChI=1S/C24H24N4O2/c1-17-15-20-23(24(26-17)25-13-14-30-2)21(29)16-22(27-18-9-5-3-6-10-18)28(20)19-11-7-4-8-12-19/h3-12,15-16,27H,13-14H2,1-2H3,(H,25,26). The number of fused-ring (bicyclic) bond motifs is 1. The number of hydrogen-bond donors (Lipinski definition) is 2. The van der Waals surface area contributed by atoms with E-state index in [9.17, 15) is 4.79 Å². The molecule has 0 aliphatic heterocycles. The quantitative estimate of drug-likeness (QED) is 0.447. The molecule has 2 aromatic carbocycles. The van der Waals surface area contributed by atoms with Gasteiger partial charge in [0.05, 0.1) is 17.5 Å². The van der Waals surface area contributed by atoms with Gasteiger partial charge in [0.1, 0.15) is 11.6 Å². The zero-order valence-corrected chi connectivity index (χ0v) is 17.1. The van der Waals surface area contributed by atoms with Gasteiger partial charge in [-0.25, -0.2) is 4.98 Å². The van der Waals surface area contributed by atoms with Crippen molar-refractivity contribution in [3.05, 3.63) is 88.7 Å². The van der Waals surface area contributed by atoms with Crippen LogP contribution in [0.4, 0.5) is 17.3 Å². The van der Waals surface area contributed by atoms with Crippen LogP contribution in [0.3, 0.4) is 0 Å². The summed E-state index contributed by atoms with van der Waals surface area (Å²) in [5, 5.41) is 7.20. The van der Waals surface area contributed by atoms with Gasteiger partial charge in [0.2, 0.25) is 0 Å². The molecular formula is C24H24N4O2. The van der Waals surface area contributed by atoms with E-state index < -0.39 is 0 Å². The number of ether oxygens (including phenoxy) is 1. The van der Waals surface area contributed by atoms with E-state index in [1.54, 1.807) is 13.2 Å². The summed E-state index contributed by atoms with van der Waals surface area (Å²) in [6.45, 7) is 3.02. The van der Waals surface area contributed by atoms with Crippen molar-refractivity contribution in [2.45, 2.75) is 6.92 Å². The van der Waals surface area contributed by atoms with Crippen molar-refractivity contribution in [2.24, 2.45) is 0 Å². The molecule has 0 unspecified atom stereocenters. The topological polar surface area (TPSA) is 68.2 Å². The first kappa shape index (κ1) is 19.7. The number of aromatic nitrogens is 2. The number of methoxy groups -OCH3 is 1. The van der Waals surface area contributed by atoms with E-state index in [4.69, 9.17) is 4.74 Å². The summed E-state index contributed by atoms with van der Waals surface area (Å²) < 4.78 is 7.19. The Labute approximate surface area is 175 Å². The van der Waals surface area contributed by atoms with Gasteiger partial charge >= 0.3 is 0 Å². The molecule has 6 nitrogen and oxygen atoms in total. The highest BCUT2D eigenvalue weighted by Gasteiger charge is 2.16. The van der Waals surface area contributed by atoms with Crippen molar-refractivity contribution < 1.29 is 4.74 Å². The van der Waals surface area contributed by atoms with E-state index in [1.807, 2.05) is 73.7 Å². The Hall–Kier alpha value is -3.64. The summed E-state index contributed by atoms with van der Waals surface area (Å²) in [5.74, 6) is 1.27. The zero-order valence-electron chi connectivity index (χ0n) is 17.1. The average Bonchev–Trinajstić information content (AvgIpc) is 2.75. The monoisotopic (exact) mass is 400 g/mol. The second kappa shape index (κ2) is 8.80. The fourth-order valence-electron chi connectivity index (χ4n) is 3.48. The van der Waals surface area contributed by atoms with Crippen molar-refractivity contribution in [2.75, 3.05) is 30.9 Å². The highest BCUT2D eigenvalue weighted by Crippen LogP contribution is 2.28. The number of nitrogens with one attached hydrogen (secondary N) is 2. The van der Waals surface area contributed by atoms with Crippen LogP contribution in [0.15, 0.2) is 77.6 Å². The Kier molecular flexibility index (Phi) is 5.77. The second-order valence-corrected chi connectivity index (χ2v) is 6.98. The molecule has 0 aliphatic carbocycles. The van der Waals surface area contributed by atoms with E-state index in [0.717, 1.165) is 22.6 Å². The van der Waals surface area contributed by atoms with Gasteiger partial charge in [-0.15, -0.1) is 0 Å². The van der Waals surface area contributed by atoms with Crippen molar-refractivity contribution in [3.8, 4) is 5.69 Å². The third-order valence-electron chi connectivity index (χ3n) is 4.78. The molecule has 0 atom stereocenters. The number of benzene rings is 2. The highest BCUT2D eigenvalue weighted by atomic mass is 16.5. The molecule has 0 saturated heterocycles. The van der Waals surface area contributed by atoms with Crippen LogP contribution in [0.5, 0.6) is 0 Å². The summed E-state index contributed by atoms with van der Waals surface area (Å²) in [4.78, 5) is 17.8. The first-order chi connectivity index (χ1) is 14.7. The molecule has 0 bridgehead atoms. The molecule has 2 aromatic heterocycles. The lowest BCUT2D eigenvalue weighted by Crippen LogP contribution is -2.17. The Balaban J connectivity index is 1.97. The lowest BCUT2D eigenvalue weighted by molar-refractivity contribution is 0.210. The average molecular weight is 400 g/mol. The lowest BCUT2D eigenvalue weighted by atomic mass is 10.1. The molecule has 0 aliphatic rings. The van der Waals surface area contributed by atoms with Crippen LogP contribution >= 0.6 is 0 Å². The van der Waals surface area contributed by atoms with Gasteiger partial charge in [-0.2, -0.15) is 0 Å². The maximum Gasteiger partial charge on any atom is 0.195 e.